The highest BCUT2D eigenvalue weighted by atomic mass is 16.6. The third kappa shape index (κ3) is 5.24. The van der Waals surface area contributed by atoms with Crippen molar-refractivity contribution < 1.29 is 33.5 Å². The summed E-state index contributed by atoms with van der Waals surface area (Å²) in [5.74, 6) is -0.873. The highest BCUT2D eigenvalue weighted by molar-refractivity contribution is 5.96. The molecule has 1 N–H and O–H groups in total. The van der Waals surface area contributed by atoms with E-state index in [1.807, 2.05) is 30.3 Å². The van der Waals surface area contributed by atoms with Crippen LogP contribution >= 0.6 is 0 Å². The molecule has 190 valence electrons. The minimum atomic E-state index is -1.01. The van der Waals surface area contributed by atoms with Crippen LogP contribution in [0.15, 0.2) is 42.5 Å². The topological polar surface area (TPSA) is 137 Å². The number of nitrogens with zero attached hydrogens (tertiary/aromatic N) is 2. The predicted octanol–water partition coefficient (Wildman–Crippen LogP) is 2.82. The number of amides is 2. The number of nitrogens with one attached hydrogen (secondary N) is 1. The van der Waals surface area contributed by atoms with Crippen molar-refractivity contribution >= 4 is 29.2 Å². The van der Waals surface area contributed by atoms with E-state index >= 15 is 0 Å². The van der Waals surface area contributed by atoms with Gasteiger partial charge in [0.25, 0.3) is 11.6 Å². The molecule has 2 aromatic rings. The van der Waals surface area contributed by atoms with Gasteiger partial charge in [0.2, 0.25) is 5.91 Å². The summed E-state index contributed by atoms with van der Waals surface area (Å²) in [6.07, 6.45) is 1.32. The van der Waals surface area contributed by atoms with Crippen molar-refractivity contribution in [2.45, 2.75) is 31.6 Å². The Balaban J connectivity index is 1.48. The van der Waals surface area contributed by atoms with Crippen molar-refractivity contribution in [2.24, 2.45) is 0 Å². The summed E-state index contributed by atoms with van der Waals surface area (Å²) in [5, 5.41) is 14.0. The van der Waals surface area contributed by atoms with Crippen molar-refractivity contribution in [3.05, 3.63) is 58.1 Å². The molecule has 0 atom stereocenters. The van der Waals surface area contributed by atoms with E-state index in [0.29, 0.717) is 45.6 Å². The number of esters is 1. The summed E-state index contributed by atoms with van der Waals surface area (Å²) in [6, 6.07) is 11.7. The average molecular weight is 498 g/mol. The van der Waals surface area contributed by atoms with Gasteiger partial charge >= 0.3 is 5.97 Å². The second kappa shape index (κ2) is 10.6. The Bertz CT molecular complexity index is 1160. The number of rotatable bonds is 6. The molecule has 0 unspecified atom stereocenters. The number of ether oxygens (including phenoxy) is 3. The lowest BCUT2D eigenvalue weighted by atomic mass is 9.72. The van der Waals surface area contributed by atoms with Gasteiger partial charge < -0.3 is 24.4 Å². The Morgan fingerprint density at radius 2 is 1.72 bits per heavy atom. The SMILES string of the molecule is CC(=O)N1CCC(C(=O)OCC(=O)Nc2cc3c(cc2[N+](=O)[O-])OCCCO3)(c2ccccc2)CC1. The number of anilines is 1. The molecule has 0 aliphatic carbocycles. The van der Waals surface area contributed by atoms with E-state index in [1.54, 1.807) is 4.90 Å². The molecule has 36 heavy (non-hydrogen) atoms. The van der Waals surface area contributed by atoms with Gasteiger partial charge in [-0.2, -0.15) is 0 Å². The fourth-order valence-electron chi connectivity index (χ4n) is 4.48. The summed E-state index contributed by atoms with van der Waals surface area (Å²) in [4.78, 5) is 50.3. The average Bonchev–Trinajstić information content (AvgIpc) is 3.12. The summed E-state index contributed by atoms with van der Waals surface area (Å²) < 4.78 is 16.5. The van der Waals surface area contributed by atoms with Crippen LogP contribution in [0.5, 0.6) is 11.5 Å². The normalized spacial score (nSPS) is 16.4. The Morgan fingerprint density at radius 1 is 1.08 bits per heavy atom. The third-order valence-electron chi connectivity index (χ3n) is 6.45. The Hall–Kier alpha value is -4.15. The number of hydrogen-bond donors (Lipinski definition) is 1. The zero-order valence-corrected chi connectivity index (χ0v) is 19.9. The first-order chi connectivity index (χ1) is 17.3. The lowest BCUT2D eigenvalue weighted by Gasteiger charge is -2.40. The van der Waals surface area contributed by atoms with E-state index < -0.39 is 28.8 Å². The molecule has 0 aromatic heterocycles. The molecule has 2 heterocycles. The van der Waals surface area contributed by atoms with Gasteiger partial charge in [-0.05, 0) is 18.4 Å². The van der Waals surface area contributed by atoms with E-state index in [0.717, 1.165) is 5.56 Å². The number of nitro groups is 1. The van der Waals surface area contributed by atoms with Gasteiger partial charge in [0, 0.05) is 32.5 Å². The van der Waals surface area contributed by atoms with Gasteiger partial charge in [0.15, 0.2) is 18.1 Å². The molecule has 0 radical (unpaired) electrons. The summed E-state index contributed by atoms with van der Waals surface area (Å²) in [7, 11) is 0. The number of carbonyl (C=O) groups is 3. The molecule has 1 fully saturated rings. The second-order valence-corrected chi connectivity index (χ2v) is 8.70. The van der Waals surface area contributed by atoms with Crippen molar-refractivity contribution in [3.63, 3.8) is 0 Å². The number of piperidine rings is 1. The summed E-state index contributed by atoms with van der Waals surface area (Å²) in [5.41, 5.74) is -0.708. The number of likely N-dealkylation sites (tertiary alicyclic amines) is 1. The minimum absolute atomic E-state index is 0.0684. The largest absolute Gasteiger partial charge is 0.489 e. The number of carbonyl (C=O) groups excluding carboxylic acids is 3. The van der Waals surface area contributed by atoms with Crippen LogP contribution < -0.4 is 14.8 Å². The number of fused-ring (bicyclic) bond motifs is 1. The fraction of sp³-hybridized carbons (Fsp3) is 0.400. The lowest BCUT2D eigenvalue weighted by Crippen LogP contribution is -2.49. The van der Waals surface area contributed by atoms with Crippen LogP contribution in [0.2, 0.25) is 0 Å². The van der Waals surface area contributed by atoms with Gasteiger partial charge in [-0.1, -0.05) is 30.3 Å². The molecule has 2 aromatic carbocycles. The first-order valence-corrected chi connectivity index (χ1v) is 11.7. The van der Waals surface area contributed by atoms with Crippen molar-refractivity contribution in [1.82, 2.24) is 4.90 Å². The van der Waals surface area contributed by atoms with E-state index in [1.165, 1.54) is 19.1 Å². The summed E-state index contributed by atoms with van der Waals surface area (Å²) >= 11 is 0. The minimum Gasteiger partial charge on any atom is -0.489 e. The van der Waals surface area contributed by atoms with Crippen LogP contribution in [-0.2, 0) is 24.5 Å². The molecule has 1 saturated heterocycles. The van der Waals surface area contributed by atoms with Gasteiger partial charge in [-0.25, -0.2) is 0 Å². The van der Waals surface area contributed by atoms with E-state index in [4.69, 9.17) is 14.2 Å². The maximum Gasteiger partial charge on any atom is 0.317 e. The van der Waals surface area contributed by atoms with Crippen LogP contribution in [-0.4, -0.2) is 60.5 Å². The Kier molecular flexibility index (Phi) is 7.37. The summed E-state index contributed by atoms with van der Waals surface area (Å²) in [6.45, 7) is 2.35. The van der Waals surface area contributed by atoms with E-state index in [2.05, 4.69) is 5.32 Å². The molecule has 11 heteroatoms. The monoisotopic (exact) mass is 497 g/mol. The van der Waals surface area contributed by atoms with Crippen LogP contribution in [0.4, 0.5) is 11.4 Å². The second-order valence-electron chi connectivity index (χ2n) is 8.70. The van der Waals surface area contributed by atoms with Gasteiger partial charge in [0.1, 0.15) is 5.69 Å². The van der Waals surface area contributed by atoms with Gasteiger partial charge in [0.05, 0.1) is 29.6 Å². The van der Waals surface area contributed by atoms with Gasteiger partial charge in [-0.15, -0.1) is 0 Å². The molecule has 2 aliphatic heterocycles. The molecular weight excluding hydrogens is 470 g/mol. The highest BCUT2D eigenvalue weighted by Crippen LogP contribution is 2.39. The van der Waals surface area contributed by atoms with Crippen molar-refractivity contribution in [3.8, 4) is 11.5 Å². The Labute approximate surface area is 207 Å². The molecule has 2 aliphatic rings. The number of nitro benzene ring substituents is 1. The maximum absolute atomic E-state index is 13.3. The molecule has 0 bridgehead atoms. The zero-order valence-electron chi connectivity index (χ0n) is 19.9. The van der Waals surface area contributed by atoms with Crippen LogP contribution in [0, 0.1) is 10.1 Å². The smallest absolute Gasteiger partial charge is 0.317 e. The molecule has 0 saturated carbocycles. The van der Waals surface area contributed by atoms with Crippen molar-refractivity contribution in [2.75, 3.05) is 38.2 Å². The molecule has 0 spiro atoms. The zero-order chi connectivity index (χ0) is 25.7. The first kappa shape index (κ1) is 25.0. The lowest BCUT2D eigenvalue weighted by molar-refractivity contribution is -0.384. The maximum atomic E-state index is 13.3. The molecule has 4 rings (SSSR count). The first-order valence-electron chi connectivity index (χ1n) is 11.7. The highest BCUT2D eigenvalue weighted by Gasteiger charge is 2.45. The number of benzene rings is 2. The number of hydrogen-bond acceptors (Lipinski definition) is 8. The van der Waals surface area contributed by atoms with Crippen LogP contribution in [0.1, 0.15) is 31.7 Å². The molecular formula is C25H27N3O8. The fourth-order valence-corrected chi connectivity index (χ4v) is 4.48. The van der Waals surface area contributed by atoms with Crippen molar-refractivity contribution in [1.29, 1.82) is 0 Å². The molecule has 11 nitrogen and oxygen atoms in total. The van der Waals surface area contributed by atoms with Crippen LogP contribution in [0.3, 0.4) is 0 Å². The van der Waals surface area contributed by atoms with E-state index in [9.17, 15) is 24.5 Å². The molecule has 2 amide bonds. The quantitative estimate of drug-likeness (QED) is 0.365. The third-order valence-corrected chi connectivity index (χ3v) is 6.45. The van der Waals surface area contributed by atoms with Crippen LogP contribution in [0.25, 0.3) is 0 Å². The predicted molar refractivity (Wildman–Crippen MR) is 128 cm³/mol. The Morgan fingerprint density at radius 3 is 2.33 bits per heavy atom. The van der Waals surface area contributed by atoms with Gasteiger partial charge in [-0.3, -0.25) is 24.5 Å². The van der Waals surface area contributed by atoms with E-state index in [-0.39, 0.29) is 28.8 Å². The standard InChI is InChI=1S/C25H27N3O8/c1-17(29)27-10-8-25(9-11-27,18-6-3-2-4-7-18)24(31)36-16-23(30)26-19-14-21-22(15-20(19)28(32)33)35-13-5-12-34-21/h2-4,6-7,14-15H,5,8-13,16H2,1H3,(H,26,30).